The largest absolute Gasteiger partial charge is 0.450 e. The molecule has 0 spiro atoms. The molecule has 0 bridgehead atoms. The van der Waals surface area contributed by atoms with Gasteiger partial charge in [0.15, 0.2) is 11.3 Å². The summed E-state index contributed by atoms with van der Waals surface area (Å²) in [7, 11) is 0. The van der Waals surface area contributed by atoms with Gasteiger partial charge in [0.05, 0.1) is 5.56 Å². The van der Waals surface area contributed by atoms with Gasteiger partial charge >= 0.3 is 0 Å². The van der Waals surface area contributed by atoms with Gasteiger partial charge in [0, 0.05) is 11.8 Å². The van der Waals surface area contributed by atoms with Crippen LogP contribution in [0.1, 0.15) is 21.7 Å². The number of carbonyl (C=O) groups is 1. The number of hydrogen-bond donors (Lipinski definition) is 0. The Bertz CT molecular complexity index is 1010. The van der Waals surface area contributed by atoms with Crippen molar-refractivity contribution in [2.75, 3.05) is 0 Å². The second-order valence-electron chi connectivity index (χ2n) is 5.72. The van der Waals surface area contributed by atoms with Crippen molar-refractivity contribution in [3.8, 4) is 11.1 Å². The fourth-order valence-corrected chi connectivity index (χ4v) is 2.80. The molecule has 0 saturated heterocycles. The third-order valence-electron chi connectivity index (χ3n) is 4.03. The van der Waals surface area contributed by atoms with E-state index in [-0.39, 0.29) is 5.78 Å². The van der Waals surface area contributed by atoms with E-state index in [9.17, 15) is 4.79 Å². The number of benzene rings is 2. The van der Waals surface area contributed by atoms with Crippen LogP contribution in [-0.2, 0) is 0 Å². The zero-order chi connectivity index (χ0) is 16.5. The lowest BCUT2D eigenvalue weighted by atomic mass is 9.99. The molecule has 0 aliphatic rings. The van der Waals surface area contributed by atoms with E-state index in [0.717, 1.165) is 16.7 Å². The van der Waals surface area contributed by atoms with Crippen molar-refractivity contribution in [1.82, 2.24) is 4.98 Å². The van der Waals surface area contributed by atoms with Gasteiger partial charge in [0.25, 0.3) is 0 Å². The van der Waals surface area contributed by atoms with Gasteiger partial charge in [-0.05, 0) is 24.6 Å². The van der Waals surface area contributed by atoms with Crippen LogP contribution < -0.4 is 0 Å². The highest BCUT2D eigenvalue weighted by Crippen LogP contribution is 2.34. The summed E-state index contributed by atoms with van der Waals surface area (Å²) < 4.78 is 5.89. The molecule has 2 aromatic heterocycles. The highest BCUT2D eigenvalue weighted by Gasteiger charge is 2.23. The summed E-state index contributed by atoms with van der Waals surface area (Å²) in [4.78, 5) is 17.4. The van der Waals surface area contributed by atoms with E-state index in [1.807, 2.05) is 61.5 Å². The maximum absolute atomic E-state index is 13.0. The highest BCUT2D eigenvalue weighted by molar-refractivity contribution is 6.15. The predicted octanol–water partition coefficient (Wildman–Crippen LogP) is 5.03. The van der Waals surface area contributed by atoms with Crippen LogP contribution in [-0.4, -0.2) is 10.8 Å². The number of rotatable bonds is 3. The molecule has 2 aromatic carbocycles. The lowest BCUT2D eigenvalue weighted by Gasteiger charge is -2.03. The fraction of sp³-hybridized carbons (Fsp3) is 0.0476. The van der Waals surface area contributed by atoms with E-state index in [1.54, 1.807) is 18.3 Å². The average molecular weight is 313 g/mol. The summed E-state index contributed by atoms with van der Waals surface area (Å²) in [5.74, 6) is 0.197. The van der Waals surface area contributed by atoms with Crippen LogP contribution in [0.15, 0.2) is 77.3 Å². The number of aromatic nitrogens is 1. The molecule has 0 aliphatic heterocycles. The number of ketones is 1. The molecule has 0 amide bonds. The highest BCUT2D eigenvalue weighted by atomic mass is 16.3. The van der Waals surface area contributed by atoms with E-state index in [0.29, 0.717) is 22.4 Å². The quantitative estimate of drug-likeness (QED) is 0.498. The predicted molar refractivity (Wildman–Crippen MR) is 94.1 cm³/mol. The van der Waals surface area contributed by atoms with Crippen molar-refractivity contribution >= 4 is 16.9 Å². The Balaban J connectivity index is 1.97. The number of furan rings is 1. The third kappa shape index (κ3) is 2.40. The standard InChI is InChI=1S/C21H15NO2/c1-14-9-11-15(12-10-14)18-19-17(8-5-13-22-19)24-21(18)20(23)16-6-3-2-4-7-16/h2-13H,1H3. The maximum atomic E-state index is 13.0. The first-order valence-electron chi connectivity index (χ1n) is 7.78. The van der Waals surface area contributed by atoms with Gasteiger partial charge in [-0.25, -0.2) is 0 Å². The number of aryl methyl sites for hydroxylation is 1. The average Bonchev–Trinajstić information content (AvgIpc) is 3.02. The maximum Gasteiger partial charge on any atom is 0.228 e. The number of pyridine rings is 1. The first-order chi connectivity index (χ1) is 11.7. The Labute approximate surface area is 139 Å². The van der Waals surface area contributed by atoms with E-state index < -0.39 is 0 Å². The minimum Gasteiger partial charge on any atom is -0.450 e. The molecular weight excluding hydrogens is 298 g/mol. The van der Waals surface area contributed by atoms with Crippen molar-refractivity contribution in [3.63, 3.8) is 0 Å². The van der Waals surface area contributed by atoms with E-state index in [2.05, 4.69) is 4.98 Å². The topological polar surface area (TPSA) is 43.1 Å². The van der Waals surface area contributed by atoms with Crippen molar-refractivity contribution in [3.05, 3.63) is 89.8 Å². The van der Waals surface area contributed by atoms with Gasteiger partial charge in [-0.1, -0.05) is 60.2 Å². The summed E-state index contributed by atoms with van der Waals surface area (Å²) >= 11 is 0. The Hall–Kier alpha value is -3.20. The van der Waals surface area contributed by atoms with Crippen LogP contribution in [0.3, 0.4) is 0 Å². The Morgan fingerprint density at radius 1 is 0.917 bits per heavy atom. The van der Waals surface area contributed by atoms with Gasteiger partial charge in [0.2, 0.25) is 5.78 Å². The molecule has 116 valence electrons. The van der Waals surface area contributed by atoms with Gasteiger partial charge in [-0.3, -0.25) is 9.78 Å². The van der Waals surface area contributed by atoms with Crippen LogP contribution in [0, 0.1) is 6.92 Å². The summed E-state index contributed by atoms with van der Waals surface area (Å²) in [6, 6.07) is 20.8. The third-order valence-corrected chi connectivity index (χ3v) is 4.03. The summed E-state index contributed by atoms with van der Waals surface area (Å²) in [6.07, 6.45) is 1.71. The SMILES string of the molecule is Cc1ccc(-c2c(C(=O)c3ccccc3)oc3cccnc23)cc1. The van der Waals surface area contributed by atoms with Gasteiger partial charge in [-0.15, -0.1) is 0 Å². The molecule has 0 N–H and O–H groups in total. The molecule has 0 unspecified atom stereocenters. The summed E-state index contributed by atoms with van der Waals surface area (Å²) in [5.41, 5.74) is 4.77. The lowest BCUT2D eigenvalue weighted by Crippen LogP contribution is -2.01. The number of carbonyl (C=O) groups excluding carboxylic acids is 1. The van der Waals surface area contributed by atoms with Gasteiger partial charge in [0.1, 0.15) is 5.52 Å². The second kappa shape index (κ2) is 5.78. The van der Waals surface area contributed by atoms with E-state index in [4.69, 9.17) is 4.42 Å². The molecule has 24 heavy (non-hydrogen) atoms. The van der Waals surface area contributed by atoms with Crippen molar-refractivity contribution in [1.29, 1.82) is 0 Å². The van der Waals surface area contributed by atoms with Crippen LogP contribution in [0.25, 0.3) is 22.2 Å². The summed E-state index contributed by atoms with van der Waals surface area (Å²) in [5, 5.41) is 0. The molecule has 0 radical (unpaired) electrons. The minimum atomic E-state index is -0.135. The first-order valence-corrected chi connectivity index (χ1v) is 7.78. The molecule has 4 rings (SSSR count). The Morgan fingerprint density at radius 3 is 2.42 bits per heavy atom. The monoisotopic (exact) mass is 313 g/mol. The van der Waals surface area contributed by atoms with E-state index >= 15 is 0 Å². The zero-order valence-electron chi connectivity index (χ0n) is 13.2. The molecular formula is C21H15NO2. The number of nitrogens with zero attached hydrogens (tertiary/aromatic N) is 1. The molecule has 0 fully saturated rings. The number of fused-ring (bicyclic) bond motifs is 1. The van der Waals surface area contributed by atoms with Gasteiger partial charge < -0.3 is 4.42 Å². The van der Waals surface area contributed by atoms with Gasteiger partial charge in [-0.2, -0.15) is 0 Å². The van der Waals surface area contributed by atoms with Crippen molar-refractivity contribution in [2.24, 2.45) is 0 Å². The first kappa shape index (κ1) is 14.4. The molecule has 0 atom stereocenters. The molecule has 3 heteroatoms. The molecule has 3 nitrogen and oxygen atoms in total. The molecule has 0 saturated carbocycles. The van der Waals surface area contributed by atoms with Crippen molar-refractivity contribution < 1.29 is 9.21 Å². The summed E-state index contributed by atoms with van der Waals surface area (Å²) in [6.45, 7) is 2.03. The smallest absolute Gasteiger partial charge is 0.228 e. The van der Waals surface area contributed by atoms with Crippen LogP contribution in [0.5, 0.6) is 0 Å². The second-order valence-corrected chi connectivity index (χ2v) is 5.72. The molecule has 4 aromatic rings. The Morgan fingerprint density at radius 2 is 1.67 bits per heavy atom. The van der Waals surface area contributed by atoms with Crippen LogP contribution >= 0.6 is 0 Å². The Kier molecular flexibility index (Phi) is 3.47. The van der Waals surface area contributed by atoms with E-state index in [1.165, 1.54) is 0 Å². The fourth-order valence-electron chi connectivity index (χ4n) is 2.80. The van der Waals surface area contributed by atoms with Crippen molar-refractivity contribution in [2.45, 2.75) is 6.92 Å². The normalized spacial score (nSPS) is 10.9. The lowest BCUT2D eigenvalue weighted by molar-refractivity contribution is 0.101. The van der Waals surface area contributed by atoms with Crippen LogP contribution in [0.2, 0.25) is 0 Å². The number of hydrogen-bond acceptors (Lipinski definition) is 3. The van der Waals surface area contributed by atoms with Crippen LogP contribution in [0.4, 0.5) is 0 Å². The zero-order valence-corrected chi connectivity index (χ0v) is 13.2. The molecule has 2 heterocycles. The molecule has 0 aliphatic carbocycles. The minimum absolute atomic E-state index is 0.135.